The zero-order chi connectivity index (χ0) is 13.2. The number of carbonyl (C=O) groups excluding carboxylic acids is 1. The standard InChI is InChI=1S/C13H17ClN2OS/c14-9-3-5-10(6-4-9)18-11-2-1-7-13(16,8-11)12(15)17/h3-6,11H,1-2,7-8,16H2,(H2,15,17). The lowest BCUT2D eigenvalue weighted by atomic mass is 9.82. The minimum Gasteiger partial charge on any atom is -0.368 e. The van der Waals surface area contributed by atoms with E-state index >= 15 is 0 Å². The summed E-state index contributed by atoms with van der Waals surface area (Å²) < 4.78 is 0. The number of primary amides is 1. The lowest BCUT2D eigenvalue weighted by Gasteiger charge is -2.35. The normalized spacial score (nSPS) is 28.0. The van der Waals surface area contributed by atoms with Gasteiger partial charge in [0.2, 0.25) is 5.91 Å². The first-order valence-electron chi connectivity index (χ1n) is 6.01. The van der Waals surface area contributed by atoms with Crippen LogP contribution in [-0.4, -0.2) is 16.7 Å². The number of hydrogen-bond acceptors (Lipinski definition) is 3. The maximum absolute atomic E-state index is 11.4. The van der Waals surface area contributed by atoms with Gasteiger partial charge < -0.3 is 11.5 Å². The van der Waals surface area contributed by atoms with Crippen LogP contribution < -0.4 is 11.5 Å². The van der Waals surface area contributed by atoms with E-state index in [0.29, 0.717) is 18.1 Å². The Bertz CT molecular complexity index is 437. The third-order valence-corrected chi connectivity index (χ3v) is 4.88. The van der Waals surface area contributed by atoms with Crippen LogP contribution in [0.25, 0.3) is 0 Å². The van der Waals surface area contributed by atoms with Crippen molar-refractivity contribution in [2.75, 3.05) is 0 Å². The Balaban J connectivity index is 2.02. The van der Waals surface area contributed by atoms with Crippen LogP contribution in [0.1, 0.15) is 25.7 Å². The van der Waals surface area contributed by atoms with Crippen LogP contribution >= 0.6 is 23.4 Å². The molecule has 1 aromatic carbocycles. The quantitative estimate of drug-likeness (QED) is 0.896. The van der Waals surface area contributed by atoms with Crippen LogP contribution in [0.15, 0.2) is 29.2 Å². The molecule has 1 saturated carbocycles. The fourth-order valence-electron chi connectivity index (χ4n) is 2.29. The molecule has 0 heterocycles. The third kappa shape index (κ3) is 3.19. The van der Waals surface area contributed by atoms with Gasteiger partial charge >= 0.3 is 0 Å². The van der Waals surface area contributed by atoms with Crippen molar-refractivity contribution in [2.45, 2.75) is 41.4 Å². The number of rotatable bonds is 3. The lowest BCUT2D eigenvalue weighted by molar-refractivity contribution is -0.124. The second-order valence-electron chi connectivity index (χ2n) is 4.81. The number of amides is 1. The number of thioether (sulfide) groups is 1. The van der Waals surface area contributed by atoms with Gasteiger partial charge in [-0.05, 0) is 49.9 Å². The Hall–Kier alpha value is -0.710. The van der Waals surface area contributed by atoms with E-state index in [1.54, 1.807) is 11.8 Å². The van der Waals surface area contributed by atoms with E-state index in [1.807, 2.05) is 24.3 Å². The molecule has 2 atom stereocenters. The second kappa shape index (κ2) is 5.51. The van der Waals surface area contributed by atoms with E-state index in [2.05, 4.69) is 0 Å². The fraction of sp³-hybridized carbons (Fsp3) is 0.462. The molecule has 1 fully saturated rings. The molecule has 1 aliphatic carbocycles. The van der Waals surface area contributed by atoms with Crippen LogP contribution in [0.4, 0.5) is 0 Å². The Kier molecular flexibility index (Phi) is 4.20. The second-order valence-corrected chi connectivity index (χ2v) is 6.62. The molecule has 1 amide bonds. The van der Waals surface area contributed by atoms with Crippen molar-refractivity contribution in [1.82, 2.24) is 0 Å². The summed E-state index contributed by atoms with van der Waals surface area (Å²) in [5.74, 6) is -0.385. The maximum Gasteiger partial charge on any atom is 0.237 e. The van der Waals surface area contributed by atoms with E-state index in [0.717, 1.165) is 22.8 Å². The molecule has 4 N–H and O–H groups in total. The molecule has 0 aromatic heterocycles. The summed E-state index contributed by atoms with van der Waals surface area (Å²) in [5, 5.41) is 1.07. The zero-order valence-corrected chi connectivity index (χ0v) is 11.6. The molecule has 5 heteroatoms. The average Bonchev–Trinajstić information content (AvgIpc) is 2.32. The van der Waals surface area contributed by atoms with Crippen molar-refractivity contribution in [3.63, 3.8) is 0 Å². The van der Waals surface area contributed by atoms with Crippen molar-refractivity contribution in [1.29, 1.82) is 0 Å². The zero-order valence-electron chi connectivity index (χ0n) is 10.1. The van der Waals surface area contributed by atoms with Crippen molar-refractivity contribution < 1.29 is 4.79 Å². The highest BCUT2D eigenvalue weighted by molar-refractivity contribution is 8.00. The lowest BCUT2D eigenvalue weighted by Crippen LogP contribution is -2.55. The van der Waals surface area contributed by atoms with Gasteiger partial charge in [-0.15, -0.1) is 11.8 Å². The van der Waals surface area contributed by atoms with E-state index in [9.17, 15) is 4.79 Å². The molecule has 3 nitrogen and oxygen atoms in total. The van der Waals surface area contributed by atoms with Crippen molar-refractivity contribution >= 4 is 29.3 Å². The summed E-state index contributed by atoms with van der Waals surface area (Å²) in [6, 6.07) is 7.72. The largest absolute Gasteiger partial charge is 0.368 e. The van der Waals surface area contributed by atoms with Gasteiger partial charge in [-0.25, -0.2) is 0 Å². The molecular formula is C13H17ClN2OS. The summed E-state index contributed by atoms with van der Waals surface area (Å²) in [6.07, 6.45) is 3.36. The minimum atomic E-state index is -0.831. The first-order valence-corrected chi connectivity index (χ1v) is 7.26. The van der Waals surface area contributed by atoms with Gasteiger partial charge in [-0.3, -0.25) is 4.79 Å². The molecule has 18 heavy (non-hydrogen) atoms. The summed E-state index contributed by atoms with van der Waals surface area (Å²) in [4.78, 5) is 12.5. The number of halogens is 1. The summed E-state index contributed by atoms with van der Waals surface area (Å²) >= 11 is 7.60. The Morgan fingerprint density at radius 3 is 2.67 bits per heavy atom. The first-order chi connectivity index (χ1) is 8.49. The summed E-state index contributed by atoms with van der Waals surface area (Å²) in [7, 11) is 0. The summed E-state index contributed by atoms with van der Waals surface area (Å²) in [6.45, 7) is 0. The Morgan fingerprint density at radius 1 is 1.39 bits per heavy atom. The van der Waals surface area contributed by atoms with Crippen LogP contribution in [0.3, 0.4) is 0 Å². The monoisotopic (exact) mass is 284 g/mol. The highest BCUT2D eigenvalue weighted by Gasteiger charge is 2.37. The van der Waals surface area contributed by atoms with Crippen LogP contribution in [-0.2, 0) is 4.79 Å². The molecule has 0 spiro atoms. The smallest absolute Gasteiger partial charge is 0.237 e. The van der Waals surface area contributed by atoms with Gasteiger partial charge in [-0.1, -0.05) is 11.6 Å². The van der Waals surface area contributed by atoms with Gasteiger partial charge in [0.1, 0.15) is 0 Å². The fourth-order valence-corrected chi connectivity index (χ4v) is 3.75. The molecule has 0 bridgehead atoms. The number of hydrogen-bond donors (Lipinski definition) is 2. The summed E-state index contributed by atoms with van der Waals surface area (Å²) in [5.41, 5.74) is 10.6. The van der Waals surface area contributed by atoms with Crippen LogP contribution in [0, 0.1) is 0 Å². The number of benzene rings is 1. The van der Waals surface area contributed by atoms with E-state index in [-0.39, 0.29) is 5.91 Å². The van der Waals surface area contributed by atoms with Gasteiger partial charge in [0.15, 0.2) is 0 Å². The topological polar surface area (TPSA) is 69.1 Å². The van der Waals surface area contributed by atoms with Gasteiger partial charge in [0, 0.05) is 15.2 Å². The van der Waals surface area contributed by atoms with E-state index < -0.39 is 5.54 Å². The van der Waals surface area contributed by atoms with Gasteiger partial charge in [0.25, 0.3) is 0 Å². The van der Waals surface area contributed by atoms with Crippen molar-refractivity contribution in [3.05, 3.63) is 29.3 Å². The molecule has 0 radical (unpaired) electrons. The van der Waals surface area contributed by atoms with Crippen molar-refractivity contribution in [2.24, 2.45) is 11.5 Å². The third-order valence-electron chi connectivity index (χ3n) is 3.35. The van der Waals surface area contributed by atoms with Gasteiger partial charge in [-0.2, -0.15) is 0 Å². The highest BCUT2D eigenvalue weighted by Crippen LogP contribution is 2.37. The molecule has 2 rings (SSSR count). The minimum absolute atomic E-state index is 0.345. The number of nitrogens with two attached hydrogens (primary N) is 2. The molecule has 2 unspecified atom stereocenters. The maximum atomic E-state index is 11.4. The van der Waals surface area contributed by atoms with Crippen molar-refractivity contribution in [3.8, 4) is 0 Å². The first kappa shape index (κ1) is 13.7. The number of carbonyl (C=O) groups is 1. The Morgan fingerprint density at radius 2 is 2.06 bits per heavy atom. The average molecular weight is 285 g/mol. The van der Waals surface area contributed by atoms with E-state index in [1.165, 1.54) is 0 Å². The molecule has 1 aliphatic rings. The van der Waals surface area contributed by atoms with Gasteiger partial charge in [0.05, 0.1) is 5.54 Å². The molecule has 0 aliphatic heterocycles. The predicted molar refractivity (Wildman–Crippen MR) is 75.7 cm³/mol. The van der Waals surface area contributed by atoms with Crippen LogP contribution in [0.2, 0.25) is 5.02 Å². The molecule has 1 aromatic rings. The van der Waals surface area contributed by atoms with E-state index in [4.69, 9.17) is 23.1 Å². The predicted octanol–water partition coefficient (Wildman–Crippen LogP) is 2.56. The Labute approximate surface area is 116 Å². The van der Waals surface area contributed by atoms with Crippen LogP contribution in [0.5, 0.6) is 0 Å². The molecule has 98 valence electrons. The molecule has 0 saturated heterocycles. The molecular weight excluding hydrogens is 268 g/mol. The SMILES string of the molecule is NC(=O)C1(N)CCCC(Sc2ccc(Cl)cc2)C1. The highest BCUT2D eigenvalue weighted by atomic mass is 35.5.